The molecule has 2 fully saturated rings. The van der Waals surface area contributed by atoms with E-state index < -0.39 is 0 Å². The number of carbonyl (C=O) groups excluding carboxylic acids is 1. The number of pyridine rings is 1. The number of nitrogens with zero attached hydrogens (tertiary/aromatic N) is 4. The molecule has 3 aromatic rings. The Hall–Kier alpha value is -2.80. The molecule has 4 heterocycles. The van der Waals surface area contributed by atoms with Gasteiger partial charge in [0.25, 0.3) is 0 Å². The van der Waals surface area contributed by atoms with Crippen LogP contribution in [0.25, 0.3) is 10.1 Å². The number of aromatic nitrogens is 1. The van der Waals surface area contributed by atoms with Gasteiger partial charge in [0, 0.05) is 72.2 Å². The van der Waals surface area contributed by atoms with Crippen LogP contribution in [0.15, 0.2) is 42.6 Å². The molecule has 0 N–H and O–H groups in total. The first kappa shape index (κ1) is 21.1. The smallest absolute Gasteiger partial charge is 0.227 e. The lowest BCUT2D eigenvalue weighted by Crippen LogP contribution is -2.52. The Morgan fingerprint density at radius 3 is 2.75 bits per heavy atom. The SMILES string of the molecule is COc1cccc(N2CCN(C(=O)[C@@H]3CCCN(c4nccc5sc(C)cc45)C3)CC2)c1. The van der Waals surface area contributed by atoms with E-state index in [4.69, 9.17) is 9.72 Å². The number of piperazine rings is 1. The highest BCUT2D eigenvalue weighted by Crippen LogP contribution is 2.33. The molecule has 0 bridgehead atoms. The molecule has 2 saturated heterocycles. The van der Waals surface area contributed by atoms with Crippen molar-refractivity contribution in [2.75, 3.05) is 56.2 Å². The molecule has 2 aliphatic rings. The van der Waals surface area contributed by atoms with Gasteiger partial charge in [0.2, 0.25) is 5.91 Å². The number of piperidine rings is 1. The van der Waals surface area contributed by atoms with Crippen molar-refractivity contribution in [2.45, 2.75) is 19.8 Å². The van der Waals surface area contributed by atoms with Crippen molar-refractivity contribution >= 4 is 38.8 Å². The molecule has 7 heteroatoms. The summed E-state index contributed by atoms with van der Waals surface area (Å²) in [4.78, 5) is 26.1. The van der Waals surface area contributed by atoms with Gasteiger partial charge in [-0.2, -0.15) is 0 Å². The summed E-state index contributed by atoms with van der Waals surface area (Å²) >= 11 is 1.81. The minimum absolute atomic E-state index is 0.0453. The molecule has 1 aromatic carbocycles. The Morgan fingerprint density at radius 2 is 1.94 bits per heavy atom. The van der Waals surface area contributed by atoms with E-state index in [1.165, 1.54) is 15.0 Å². The van der Waals surface area contributed by atoms with Gasteiger partial charge in [0.15, 0.2) is 0 Å². The van der Waals surface area contributed by atoms with Crippen LogP contribution in [-0.2, 0) is 4.79 Å². The average molecular weight is 451 g/mol. The number of methoxy groups -OCH3 is 1. The third-order valence-electron chi connectivity index (χ3n) is 6.63. The van der Waals surface area contributed by atoms with Crippen molar-refractivity contribution in [3.8, 4) is 5.75 Å². The van der Waals surface area contributed by atoms with Gasteiger partial charge in [-0.3, -0.25) is 4.79 Å². The number of ether oxygens (including phenoxy) is 1. The van der Waals surface area contributed by atoms with Gasteiger partial charge in [0.1, 0.15) is 11.6 Å². The maximum atomic E-state index is 13.4. The highest BCUT2D eigenvalue weighted by molar-refractivity contribution is 7.19. The molecular formula is C25H30N4O2S. The number of hydrogen-bond donors (Lipinski definition) is 0. The number of amides is 1. The summed E-state index contributed by atoms with van der Waals surface area (Å²) in [6.07, 6.45) is 3.89. The second-order valence-electron chi connectivity index (χ2n) is 8.70. The van der Waals surface area contributed by atoms with Crippen LogP contribution in [0, 0.1) is 12.8 Å². The molecule has 0 radical (unpaired) electrons. The Kier molecular flexibility index (Phi) is 5.91. The Balaban J connectivity index is 1.24. The highest BCUT2D eigenvalue weighted by Gasteiger charge is 2.32. The molecule has 0 unspecified atom stereocenters. The van der Waals surface area contributed by atoms with Gasteiger partial charge in [0.05, 0.1) is 13.0 Å². The summed E-state index contributed by atoms with van der Waals surface area (Å²) in [5.74, 6) is 2.25. The number of benzene rings is 1. The quantitative estimate of drug-likeness (QED) is 0.597. The van der Waals surface area contributed by atoms with Crippen molar-refractivity contribution < 1.29 is 9.53 Å². The number of aryl methyl sites for hydroxylation is 1. The van der Waals surface area contributed by atoms with Crippen LogP contribution in [-0.4, -0.2) is 62.2 Å². The Bertz CT molecular complexity index is 1110. The van der Waals surface area contributed by atoms with E-state index in [0.29, 0.717) is 5.91 Å². The molecule has 2 aliphatic heterocycles. The van der Waals surface area contributed by atoms with E-state index in [2.05, 4.69) is 45.9 Å². The fraction of sp³-hybridized carbons (Fsp3) is 0.440. The normalized spacial score (nSPS) is 19.4. The molecular weight excluding hydrogens is 420 g/mol. The molecule has 32 heavy (non-hydrogen) atoms. The fourth-order valence-electron chi connectivity index (χ4n) is 4.95. The zero-order valence-electron chi connectivity index (χ0n) is 18.8. The van der Waals surface area contributed by atoms with Crippen LogP contribution in [0.2, 0.25) is 0 Å². The average Bonchev–Trinajstić information content (AvgIpc) is 3.24. The van der Waals surface area contributed by atoms with Crippen molar-refractivity contribution in [2.24, 2.45) is 5.92 Å². The Morgan fingerprint density at radius 1 is 1.09 bits per heavy atom. The minimum Gasteiger partial charge on any atom is -0.497 e. The lowest BCUT2D eigenvalue weighted by atomic mass is 9.96. The number of rotatable bonds is 4. The molecule has 0 aliphatic carbocycles. The topological polar surface area (TPSA) is 48.9 Å². The summed E-state index contributed by atoms with van der Waals surface area (Å²) in [5, 5.41) is 1.22. The first-order chi connectivity index (χ1) is 15.6. The Labute approximate surface area is 193 Å². The van der Waals surface area contributed by atoms with Crippen LogP contribution < -0.4 is 14.5 Å². The zero-order valence-corrected chi connectivity index (χ0v) is 19.6. The van der Waals surface area contributed by atoms with Crippen molar-refractivity contribution in [3.63, 3.8) is 0 Å². The van der Waals surface area contributed by atoms with Gasteiger partial charge in [-0.1, -0.05) is 6.07 Å². The van der Waals surface area contributed by atoms with E-state index in [9.17, 15) is 4.79 Å². The summed E-state index contributed by atoms with van der Waals surface area (Å²) in [5.41, 5.74) is 1.16. The molecule has 6 nitrogen and oxygen atoms in total. The van der Waals surface area contributed by atoms with Gasteiger partial charge in [-0.25, -0.2) is 4.98 Å². The molecule has 0 saturated carbocycles. The van der Waals surface area contributed by atoms with E-state index in [0.717, 1.165) is 69.4 Å². The predicted molar refractivity (Wildman–Crippen MR) is 131 cm³/mol. The second-order valence-corrected chi connectivity index (χ2v) is 9.99. The molecule has 1 atom stereocenters. The maximum absolute atomic E-state index is 13.4. The van der Waals surface area contributed by atoms with E-state index in [-0.39, 0.29) is 5.92 Å². The van der Waals surface area contributed by atoms with Gasteiger partial charge >= 0.3 is 0 Å². The maximum Gasteiger partial charge on any atom is 0.227 e. The van der Waals surface area contributed by atoms with E-state index in [1.807, 2.05) is 18.3 Å². The predicted octanol–water partition coefficient (Wildman–Crippen LogP) is 4.18. The fourth-order valence-corrected chi connectivity index (χ4v) is 5.86. The first-order valence-corrected chi connectivity index (χ1v) is 12.2. The van der Waals surface area contributed by atoms with Crippen LogP contribution in [0.1, 0.15) is 17.7 Å². The van der Waals surface area contributed by atoms with Crippen LogP contribution >= 0.6 is 11.3 Å². The third kappa shape index (κ3) is 4.13. The van der Waals surface area contributed by atoms with E-state index in [1.54, 1.807) is 18.4 Å². The van der Waals surface area contributed by atoms with Crippen molar-refractivity contribution in [3.05, 3.63) is 47.5 Å². The highest BCUT2D eigenvalue weighted by atomic mass is 32.1. The van der Waals surface area contributed by atoms with E-state index >= 15 is 0 Å². The molecule has 1 amide bonds. The lowest BCUT2D eigenvalue weighted by molar-refractivity contribution is -0.136. The summed E-state index contributed by atoms with van der Waals surface area (Å²) < 4.78 is 6.63. The standard InChI is InChI=1S/C25H30N4O2S/c1-18-15-22-23(32-18)8-9-26-24(22)29-10-4-5-19(17-29)25(30)28-13-11-27(12-14-28)20-6-3-7-21(16-20)31-2/h3,6-9,15-16,19H,4-5,10-14,17H2,1-2H3/t19-/m1/s1. The van der Waals surface area contributed by atoms with Crippen LogP contribution in [0.5, 0.6) is 5.75 Å². The van der Waals surface area contributed by atoms with Crippen molar-refractivity contribution in [1.29, 1.82) is 0 Å². The summed E-state index contributed by atoms with van der Waals surface area (Å²) in [7, 11) is 1.69. The van der Waals surface area contributed by atoms with Crippen LogP contribution in [0.3, 0.4) is 0 Å². The monoisotopic (exact) mass is 450 g/mol. The molecule has 168 valence electrons. The third-order valence-corrected chi connectivity index (χ3v) is 7.64. The van der Waals surface area contributed by atoms with Gasteiger partial charge in [-0.15, -0.1) is 11.3 Å². The number of fused-ring (bicyclic) bond motifs is 1. The number of thiophene rings is 1. The van der Waals surface area contributed by atoms with Crippen LogP contribution in [0.4, 0.5) is 11.5 Å². The lowest BCUT2D eigenvalue weighted by Gasteiger charge is -2.40. The minimum atomic E-state index is 0.0453. The van der Waals surface area contributed by atoms with Gasteiger partial charge in [-0.05, 0) is 44.0 Å². The summed E-state index contributed by atoms with van der Waals surface area (Å²) in [6, 6.07) is 12.5. The summed E-state index contributed by atoms with van der Waals surface area (Å²) in [6.45, 7) is 7.11. The number of hydrogen-bond acceptors (Lipinski definition) is 6. The number of anilines is 2. The first-order valence-electron chi connectivity index (χ1n) is 11.4. The van der Waals surface area contributed by atoms with Gasteiger partial charge < -0.3 is 19.4 Å². The van der Waals surface area contributed by atoms with Crippen molar-refractivity contribution in [1.82, 2.24) is 9.88 Å². The zero-order chi connectivity index (χ0) is 22.1. The second kappa shape index (κ2) is 8.98. The molecule has 5 rings (SSSR count). The molecule has 2 aromatic heterocycles. The molecule has 0 spiro atoms. The number of carbonyl (C=O) groups is 1. The largest absolute Gasteiger partial charge is 0.497 e.